The summed E-state index contributed by atoms with van der Waals surface area (Å²) in [6.45, 7) is 5.56. The smallest absolute Gasteiger partial charge is 0.310 e. The number of aryl methyl sites for hydroxylation is 1. The third kappa shape index (κ3) is 2.85. The van der Waals surface area contributed by atoms with Crippen LogP contribution in [0.5, 0.6) is 0 Å². The molecule has 0 fully saturated rings. The van der Waals surface area contributed by atoms with E-state index in [1.807, 2.05) is 33.9 Å². The van der Waals surface area contributed by atoms with E-state index in [-0.39, 0.29) is 12.4 Å². The zero-order chi connectivity index (χ0) is 13.3. The number of carbonyl (C=O) groups excluding carboxylic acids is 1. The molecule has 0 aliphatic carbocycles. The molecule has 0 bridgehead atoms. The lowest BCUT2D eigenvalue weighted by Crippen LogP contribution is -2.24. The molecule has 0 aromatic carbocycles. The van der Waals surface area contributed by atoms with Crippen LogP contribution in [-0.4, -0.2) is 26.3 Å². The van der Waals surface area contributed by atoms with Gasteiger partial charge in [0.05, 0.1) is 12.6 Å². The maximum Gasteiger partial charge on any atom is 0.310 e. The van der Waals surface area contributed by atoms with Gasteiger partial charge < -0.3 is 4.74 Å². The minimum atomic E-state index is -0.455. The molecule has 0 amide bonds. The maximum absolute atomic E-state index is 11.7. The topological polar surface area (TPSA) is 57.0 Å². The van der Waals surface area contributed by atoms with E-state index in [2.05, 4.69) is 10.1 Å². The van der Waals surface area contributed by atoms with Crippen LogP contribution in [0.25, 0.3) is 11.0 Å². The van der Waals surface area contributed by atoms with Crippen molar-refractivity contribution in [3.05, 3.63) is 24.0 Å². The molecule has 0 aliphatic heterocycles. The monoisotopic (exact) mass is 247 g/mol. The molecule has 0 saturated carbocycles. The van der Waals surface area contributed by atoms with Crippen LogP contribution in [0, 0.1) is 0 Å². The van der Waals surface area contributed by atoms with Crippen LogP contribution in [0.2, 0.25) is 0 Å². The average molecular weight is 247 g/mol. The molecule has 0 saturated heterocycles. The van der Waals surface area contributed by atoms with E-state index in [0.29, 0.717) is 0 Å². The summed E-state index contributed by atoms with van der Waals surface area (Å²) in [4.78, 5) is 16.0. The van der Waals surface area contributed by atoms with Gasteiger partial charge in [0.15, 0.2) is 5.65 Å². The van der Waals surface area contributed by atoms with E-state index in [0.717, 1.165) is 16.6 Å². The van der Waals surface area contributed by atoms with Gasteiger partial charge in [0.25, 0.3) is 0 Å². The number of hydrogen-bond donors (Lipinski definition) is 0. The molecule has 5 nitrogen and oxygen atoms in total. The molecule has 0 radical (unpaired) electrons. The minimum Gasteiger partial charge on any atom is -0.460 e. The Morgan fingerprint density at radius 2 is 2.11 bits per heavy atom. The first-order chi connectivity index (χ1) is 8.35. The first-order valence-corrected chi connectivity index (χ1v) is 5.84. The summed E-state index contributed by atoms with van der Waals surface area (Å²) < 4.78 is 6.97. The lowest BCUT2D eigenvalue weighted by atomic mass is 10.1. The van der Waals surface area contributed by atoms with E-state index >= 15 is 0 Å². The molecule has 18 heavy (non-hydrogen) atoms. The van der Waals surface area contributed by atoms with Gasteiger partial charge in [-0.25, -0.2) is 4.98 Å². The molecule has 0 spiro atoms. The predicted octanol–water partition coefficient (Wildman–Crippen LogP) is 1.85. The zero-order valence-corrected chi connectivity index (χ0v) is 11.1. The number of aromatic nitrogens is 3. The number of rotatable bonds is 2. The quantitative estimate of drug-likeness (QED) is 0.760. The highest BCUT2D eigenvalue weighted by atomic mass is 16.6. The van der Waals surface area contributed by atoms with Gasteiger partial charge in [-0.15, -0.1) is 0 Å². The first-order valence-electron chi connectivity index (χ1n) is 5.84. The molecular formula is C13H17N3O2. The zero-order valence-electron chi connectivity index (χ0n) is 11.1. The summed E-state index contributed by atoms with van der Waals surface area (Å²) in [6.07, 6.45) is 3.66. The summed E-state index contributed by atoms with van der Waals surface area (Å²) in [7, 11) is 1.84. The molecule has 2 rings (SSSR count). The summed E-state index contributed by atoms with van der Waals surface area (Å²) in [5.74, 6) is -0.243. The van der Waals surface area contributed by atoms with E-state index in [1.165, 1.54) is 0 Å². The Morgan fingerprint density at radius 3 is 2.78 bits per heavy atom. The number of nitrogens with zero attached hydrogens (tertiary/aromatic N) is 3. The van der Waals surface area contributed by atoms with Gasteiger partial charge in [0.1, 0.15) is 5.60 Å². The molecule has 96 valence electrons. The fourth-order valence-corrected chi connectivity index (χ4v) is 1.73. The number of esters is 1. The predicted molar refractivity (Wildman–Crippen MR) is 68.1 cm³/mol. The molecule has 2 heterocycles. The van der Waals surface area contributed by atoms with Crippen molar-refractivity contribution in [1.82, 2.24) is 14.8 Å². The molecular weight excluding hydrogens is 230 g/mol. The Morgan fingerprint density at radius 1 is 1.39 bits per heavy atom. The lowest BCUT2D eigenvalue weighted by molar-refractivity contribution is -0.153. The molecule has 2 aromatic rings. The Balaban J connectivity index is 2.15. The standard InChI is InChI=1S/C13H17N3O2/c1-13(2,3)18-11(17)6-9-5-10-8-15-16(4)12(10)14-7-9/h5,7-8H,6H2,1-4H3. The highest BCUT2D eigenvalue weighted by Crippen LogP contribution is 2.14. The van der Waals surface area contributed by atoms with Crippen LogP contribution in [0.1, 0.15) is 26.3 Å². The second kappa shape index (κ2) is 4.40. The van der Waals surface area contributed by atoms with Crippen LogP contribution in [0.4, 0.5) is 0 Å². The van der Waals surface area contributed by atoms with Crippen molar-refractivity contribution in [3.63, 3.8) is 0 Å². The molecule has 2 aromatic heterocycles. The Hall–Kier alpha value is -1.91. The largest absolute Gasteiger partial charge is 0.460 e. The van der Waals surface area contributed by atoms with Crippen molar-refractivity contribution < 1.29 is 9.53 Å². The SMILES string of the molecule is Cn1ncc2cc(CC(=O)OC(C)(C)C)cnc21. The van der Waals surface area contributed by atoms with Crippen LogP contribution >= 0.6 is 0 Å². The van der Waals surface area contributed by atoms with Crippen molar-refractivity contribution in [2.75, 3.05) is 0 Å². The van der Waals surface area contributed by atoms with Gasteiger partial charge in [0.2, 0.25) is 0 Å². The van der Waals surface area contributed by atoms with Gasteiger partial charge in [-0.05, 0) is 32.4 Å². The highest BCUT2D eigenvalue weighted by molar-refractivity contribution is 5.78. The van der Waals surface area contributed by atoms with Crippen molar-refractivity contribution in [2.24, 2.45) is 7.05 Å². The molecule has 5 heteroatoms. The Labute approximate surface area is 106 Å². The maximum atomic E-state index is 11.7. The van der Waals surface area contributed by atoms with Crippen LogP contribution in [-0.2, 0) is 23.0 Å². The Kier molecular flexibility index (Phi) is 3.07. The van der Waals surface area contributed by atoms with E-state index in [1.54, 1.807) is 17.1 Å². The van der Waals surface area contributed by atoms with E-state index < -0.39 is 5.60 Å². The van der Waals surface area contributed by atoms with Crippen molar-refractivity contribution >= 4 is 17.0 Å². The van der Waals surface area contributed by atoms with Crippen molar-refractivity contribution in [1.29, 1.82) is 0 Å². The summed E-state index contributed by atoms with van der Waals surface area (Å²) in [5, 5.41) is 5.04. The normalized spacial score (nSPS) is 11.8. The lowest BCUT2D eigenvalue weighted by Gasteiger charge is -2.19. The van der Waals surface area contributed by atoms with E-state index in [9.17, 15) is 4.79 Å². The molecule has 0 N–H and O–H groups in total. The number of fused-ring (bicyclic) bond motifs is 1. The number of pyridine rings is 1. The second-order valence-electron chi connectivity index (χ2n) is 5.29. The van der Waals surface area contributed by atoms with Gasteiger partial charge in [-0.1, -0.05) is 0 Å². The highest BCUT2D eigenvalue weighted by Gasteiger charge is 2.16. The van der Waals surface area contributed by atoms with Crippen LogP contribution < -0.4 is 0 Å². The van der Waals surface area contributed by atoms with Gasteiger partial charge in [-0.3, -0.25) is 9.48 Å². The van der Waals surface area contributed by atoms with Crippen molar-refractivity contribution in [3.8, 4) is 0 Å². The molecule has 0 atom stereocenters. The number of hydrogen-bond acceptors (Lipinski definition) is 4. The van der Waals surface area contributed by atoms with Crippen molar-refractivity contribution in [2.45, 2.75) is 32.8 Å². The van der Waals surface area contributed by atoms with Crippen LogP contribution in [0.15, 0.2) is 18.5 Å². The third-order valence-electron chi connectivity index (χ3n) is 2.40. The summed E-state index contributed by atoms with van der Waals surface area (Å²) >= 11 is 0. The van der Waals surface area contributed by atoms with Gasteiger partial charge in [-0.2, -0.15) is 5.10 Å². The van der Waals surface area contributed by atoms with Gasteiger partial charge >= 0.3 is 5.97 Å². The minimum absolute atomic E-state index is 0.231. The van der Waals surface area contributed by atoms with E-state index in [4.69, 9.17) is 4.74 Å². The fraction of sp³-hybridized carbons (Fsp3) is 0.462. The second-order valence-corrected chi connectivity index (χ2v) is 5.29. The fourth-order valence-electron chi connectivity index (χ4n) is 1.73. The first kappa shape index (κ1) is 12.5. The number of ether oxygens (including phenoxy) is 1. The summed E-state index contributed by atoms with van der Waals surface area (Å²) in [6, 6.07) is 1.92. The molecule has 0 aliphatic rings. The average Bonchev–Trinajstić information content (AvgIpc) is 2.57. The summed E-state index contributed by atoms with van der Waals surface area (Å²) in [5.41, 5.74) is 1.19. The number of carbonyl (C=O) groups is 1. The van der Waals surface area contributed by atoms with Crippen LogP contribution in [0.3, 0.4) is 0 Å². The van der Waals surface area contributed by atoms with Gasteiger partial charge in [0, 0.05) is 18.6 Å². The molecule has 0 unspecified atom stereocenters. The third-order valence-corrected chi connectivity index (χ3v) is 2.40. The Bertz CT molecular complexity index is 581.